The molecule has 0 spiro atoms. The largest absolute Gasteiger partial charge is 0.503 e. The number of amides is 1. The number of aliphatic hydroxyl groups excluding tert-OH is 1. The molecule has 1 aliphatic heterocycles. The molecular formula is C27H37N3O4S. The lowest BCUT2D eigenvalue weighted by Gasteiger charge is -2.28. The second-order valence-electron chi connectivity index (χ2n) is 8.79. The average Bonchev–Trinajstić information content (AvgIpc) is 3.32. The van der Waals surface area contributed by atoms with Crippen LogP contribution in [0.5, 0.6) is 5.75 Å². The van der Waals surface area contributed by atoms with Crippen molar-refractivity contribution in [2.45, 2.75) is 59.9 Å². The van der Waals surface area contributed by atoms with E-state index < -0.39 is 17.7 Å². The number of ether oxygens (including phenoxy) is 1. The van der Waals surface area contributed by atoms with Gasteiger partial charge in [-0.05, 0) is 64.0 Å². The molecule has 1 aromatic carbocycles. The molecule has 0 aliphatic carbocycles. The number of rotatable bonds is 13. The zero-order valence-corrected chi connectivity index (χ0v) is 22.3. The van der Waals surface area contributed by atoms with Crippen molar-refractivity contribution < 1.29 is 19.4 Å². The van der Waals surface area contributed by atoms with Gasteiger partial charge >= 0.3 is 0 Å². The lowest BCUT2D eigenvalue weighted by molar-refractivity contribution is -0.129. The van der Waals surface area contributed by atoms with Gasteiger partial charge in [0, 0.05) is 6.54 Å². The quantitative estimate of drug-likeness (QED) is 0.299. The monoisotopic (exact) mass is 499 g/mol. The van der Waals surface area contributed by atoms with Gasteiger partial charge in [-0.1, -0.05) is 39.3 Å². The topological polar surface area (TPSA) is 83.0 Å². The maximum atomic E-state index is 13.6. The van der Waals surface area contributed by atoms with E-state index in [9.17, 15) is 14.7 Å². The van der Waals surface area contributed by atoms with Gasteiger partial charge in [0.15, 0.2) is 5.76 Å². The van der Waals surface area contributed by atoms with Gasteiger partial charge in [0.25, 0.3) is 5.91 Å². The first kappa shape index (κ1) is 26.9. The number of ketones is 1. The first-order valence-corrected chi connectivity index (χ1v) is 13.3. The van der Waals surface area contributed by atoms with Crippen LogP contribution in [0.4, 0.5) is 0 Å². The summed E-state index contributed by atoms with van der Waals surface area (Å²) in [6, 6.07) is 6.84. The molecule has 1 amide bonds. The number of aliphatic hydroxyl groups is 1. The van der Waals surface area contributed by atoms with E-state index in [1.54, 1.807) is 11.8 Å². The standard InChI is InChI=1S/C27H37N3O4S/c1-6-9-17-34-21-13-11-20(12-14-21)23-22(24(31)26-18(4)28-19(5)35-26)25(32)27(33)30(23)16-10-15-29(7-2)8-3/h11-14,23,32H,6-10,15-17H2,1-5H3. The highest BCUT2D eigenvalue weighted by Gasteiger charge is 2.44. The van der Waals surface area contributed by atoms with E-state index in [2.05, 4.69) is 30.7 Å². The van der Waals surface area contributed by atoms with E-state index in [-0.39, 0.29) is 11.4 Å². The Bertz CT molecular complexity index is 1060. The number of unbranched alkanes of at least 4 members (excludes halogenated alkanes) is 1. The number of hydrogen-bond donors (Lipinski definition) is 1. The zero-order chi connectivity index (χ0) is 25.5. The van der Waals surface area contributed by atoms with Gasteiger partial charge in [-0.3, -0.25) is 9.59 Å². The molecule has 1 unspecified atom stereocenters. The molecule has 2 aromatic rings. The fourth-order valence-corrected chi connectivity index (χ4v) is 5.29. The van der Waals surface area contributed by atoms with Crippen LogP contribution in [0.15, 0.2) is 35.6 Å². The van der Waals surface area contributed by atoms with Gasteiger partial charge in [-0.2, -0.15) is 0 Å². The lowest BCUT2D eigenvalue weighted by Crippen LogP contribution is -2.34. The van der Waals surface area contributed by atoms with Crippen LogP contribution in [0.2, 0.25) is 0 Å². The van der Waals surface area contributed by atoms with Crippen molar-refractivity contribution in [2.75, 3.05) is 32.8 Å². The first-order valence-electron chi connectivity index (χ1n) is 12.5. The maximum Gasteiger partial charge on any atom is 0.290 e. The summed E-state index contributed by atoms with van der Waals surface area (Å²) in [5.41, 5.74) is 1.52. The molecule has 0 saturated heterocycles. The molecule has 8 heteroatoms. The van der Waals surface area contributed by atoms with Crippen molar-refractivity contribution in [3.05, 3.63) is 56.7 Å². The van der Waals surface area contributed by atoms with Gasteiger partial charge < -0.3 is 19.6 Å². The van der Waals surface area contributed by atoms with Crippen LogP contribution in [-0.4, -0.2) is 64.4 Å². The Morgan fingerprint density at radius 3 is 2.40 bits per heavy atom. The Balaban J connectivity index is 1.93. The van der Waals surface area contributed by atoms with Crippen LogP contribution < -0.4 is 4.74 Å². The Morgan fingerprint density at radius 1 is 1.14 bits per heavy atom. The van der Waals surface area contributed by atoms with E-state index >= 15 is 0 Å². The van der Waals surface area contributed by atoms with Crippen LogP contribution in [0.3, 0.4) is 0 Å². The summed E-state index contributed by atoms with van der Waals surface area (Å²) in [6.45, 7) is 13.8. The van der Waals surface area contributed by atoms with Crippen molar-refractivity contribution in [3.8, 4) is 5.75 Å². The minimum atomic E-state index is -0.654. The van der Waals surface area contributed by atoms with Crippen molar-refractivity contribution in [2.24, 2.45) is 0 Å². The number of nitrogens with zero attached hydrogens (tertiary/aromatic N) is 3. The van der Waals surface area contributed by atoms with E-state index in [0.29, 0.717) is 23.7 Å². The predicted molar refractivity (Wildman–Crippen MR) is 139 cm³/mol. The van der Waals surface area contributed by atoms with E-state index in [4.69, 9.17) is 4.74 Å². The number of thiazole rings is 1. The zero-order valence-electron chi connectivity index (χ0n) is 21.5. The summed E-state index contributed by atoms with van der Waals surface area (Å²) < 4.78 is 5.79. The average molecular weight is 500 g/mol. The highest BCUT2D eigenvalue weighted by atomic mass is 32.1. The highest BCUT2D eigenvalue weighted by Crippen LogP contribution is 2.40. The summed E-state index contributed by atoms with van der Waals surface area (Å²) in [5, 5.41) is 11.7. The number of carbonyl (C=O) groups excluding carboxylic acids is 2. The molecule has 1 N–H and O–H groups in total. The molecular weight excluding hydrogens is 462 g/mol. The molecule has 7 nitrogen and oxygen atoms in total. The van der Waals surface area contributed by atoms with Crippen molar-refractivity contribution >= 4 is 23.0 Å². The van der Waals surface area contributed by atoms with Crippen molar-refractivity contribution in [1.29, 1.82) is 0 Å². The Kier molecular flexibility index (Phi) is 9.46. The minimum absolute atomic E-state index is 0.129. The fourth-order valence-electron chi connectivity index (χ4n) is 4.41. The van der Waals surface area contributed by atoms with Crippen LogP contribution in [-0.2, 0) is 4.79 Å². The molecule has 2 heterocycles. The Labute approximate surface area is 212 Å². The maximum absolute atomic E-state index is 13.6. The van der Waals surface area contributed by atoms with Crippen molar-refractivity contribution in [3.63, 3.8) is 0 Å². The van der Waals surface area contributed by atoms with Gasteiger partial charge in [0.2, 0.25) is 5.78 Å². The third-order valence-corrected chi connectivity index (χ3v) is 7.46. The third kappa shape index (κ3) is 6.11. The van der Waals surface area contributed by atoms with Crippen LogP contribution in [0.1, 0.15) is 72.0 Å². The van der Waals surface area contributed by atoms with Crippen LogP contribution >= 0.6 is 11.3 Å². The minimum Gasteiger partial charge on any atom is -0.503 e. The van der Waals surface area contributed by atoms with E-state index in [1.807, 2.05) is 31.2 Å². The summed E-state index contributed by atoms with van der Waals surface area (Å²) in [5.74, 6) is -0.551. The number of aryl methyl sites for hydroxylation is 2. The Hall–Kier alpha value is -2.71. The number of hydrogen-bond acceptors (Lipinski definition) is 7. The van der Waals surface area contributed by atoms with Crippen LogP contribution in [0, 0.1) is 13.8 Å². The van der Waals surface area contributed by atoms with Crippen LogP contribution in [0.25, 0.3) is 0 Å². The normalized spacial score (nSPS) is 16.0. The number of Topliss-reactive ketones (excluding diaryl/α,β-unsaturated/α-hetero) is 1. The first-order chi connectivity index (χ1) is 16.8. The molecule has 1 atom stereocenters. The van der Waals surface area contributed by atoms with Gasteiger partial charge in [0.1, 0.15) is 5.75 Å². The predicted octanol–water partition coefficient (Wildman–Crippen LogP) is 5.25. The summed E-state index contributed by atoms with van der Waals surface area (Å²) in [4.78, 5) is 35.6. The van der Waals surface area contributed by atoms with E-state index in [1.165, 1.54) is 11.3 Å². The van der Waals surface area contributed by atoms with Gasteiger partial charge in [-0.25, -0.2) is 4.98 Å². The molecule has 3 rings (SSSR count). The SMILES string of the molecule is CCCCOc1ccc(C2C(C(=O)c3sc(C)nc3C)=C(O)C(=O)N2CCCN(CC)CC)cc1. The lowest BCUT2D eigenvalue weighted by atomic mass is 9.95. The molecule has 1 aliphatic rings. The summed E-state index contributed by atoms with van der Waals surface area (Å²) >= 11 is 1.29. The van der Waals surface area contributed by atoms with Gasteiger partial charge in [0.05, 0.1) is 33.8 Å². The molecule has 1 aromatic heterocycles. The molecule has 0 fully saturated rings. The molecule has 35 heavy (non-hydrogen) atoms. The number of carbonyl (C=O) groups is 2. The molecule has 0 saturated carbocycles. The smallest absolute Gasteiger partial charge is 0.290 e. The van der Waals surface area contributed by atoms with Crippen molar-refractivity contribution in [1.82, 2.24) is 14.8 Å². The summed E-state index contributed by atoms with van der Waals surface area (Å²) in [6.07, 6.45) is 2.77. The summed E-state index contributed by atoms with van der Waals surface area (Å²) in [7, 11) is 0. The molecule has 0 radical (unpaired) electrons. The fraction of sp³-hybridized carbons (Fsp3) is 0.519. The molecule has 190 valence electrons. The molecule has 0 bridgehead atoms. The highest BCUT2D eigenvalue weighted by molar-refractivity contribution is 7.14. The van der Waals surface area contributed by atoms with Gasteiger partial charge in [-0.15, -0.1) is 11.3 Å². The Morgan fingerprint density at radius 2 is 1.83 bits per heavy atom. The number of aromatic nitrogens is 1. The second-order valence-corrected chi connectivity index (χ2v) is 9.99. The number of benzene rings is 1. The van der Waals surface area contributed by atoms with E-state index in [0.717, 1.165) is 55.2 Å². The third-order valence-electron chi connectivity index (χ3n) is 6.39. The second kappa shape index (κ2) is 12.3.